The smallest absolute Gasteiger partial charge is 0.257 e. The van der Waals surface area contributed by atoms with E-state index in [2.05, 4.69) is 10.2 Å². The van der Waals surface area contributed by atoms with Gasteiger partial charge in [-0.05, 0) is 25.0 Å². The number of fused-ring (bicyclic) bond motifs is 1. The van der Waals surface area contributed by atoms with Crippen LogP contribution in [0.25, 0.3) is 0 Å². The molecule has 19 heavy (non-hydrogen) atoms. The maximum absolute atomic E-state index is 11.5. The summed E-state index contributed by atoms with van der Waals surface area (Å²) in [4.78, 5) is 13.6. The predicted molar refractivity (Wildman–Crippen MR) is 75.7 cm³/mol. The number of benzene rings is 1. The first kappa shape index (κ1) is 12.8. The molecule has 102 valence electrons. The third-order valence-corrected chi connectivity index (χ3v) is 4.47. The Labute approximate surface area is 117 Å². The molecule has 3 rings (SSSR count). The second kappa shape index (κ2) is 4.69. The summed E-state index contributed by atoms with van der Waals surface area (Å²) in [5.41, 5.74) is 2.15. The molecule has 1 atom stereocenters. The quantitative estimate of drug-likeness (QED) is 0.876. The molecule has 0 aromatic heterocycles. The number of carbonyl (C=O) groups excluding carboxylic acids is 1. The molecule has 1 aromatic rings. The number of hydrogen-bond donors (Lipinski definition) is 2. The third kappa shape index (κ3) is 2.09. The summed E-state index contributed by atoms with van der Waals surface area (Å²) < 4.78 is 0. The van der Waals surface area contributed by atoms with Crippen LogP contribution in [0, 0.1) is 0 Å². The van der Waals surface area contributed by atoms with E-state index in [0.717, 1.165) is 5.69 Å². The highest BCUT2D eigenvalue weighted by Crippen LogP contribution is 2.40. The summed E-state index contributed by atoms with van der Waals surface area (Å²) in [5, 5.41) is 13.0. The zero-order chi connectivity index (χ0) is 13.6. The van der Waals surface area contributed by atoms with E-state index >= 15 is 0 Å². The Hall–Kier alpha value is -1.26. The van der Waals surface area contributed by atoms with E-state index in [9.17, 15) is 9.90 Å². The fourth-order valence-corrected chi connectivity index (χ4v) is 3.32. The van der Waals surface area contributed by atoms with Crippen LogP contribution in [0.2, 0.25) is 5.02 Å². The van der Waals surface area contributed by atoms with Gasteiger partial charge < -0.3 is 15.3 Å². The average Bonchev–Trinajstić information content (AvgIpc) is 3.00. The predicted octanol–water partition coefficient (Wildman–Crippen LogP) is 2.70. The molecule has 0 saturated heterocycles. The Kier molecular flexibility index (Phi) is 3.15. The number of aliphatic hydroxyl groups is 1. The monoisotopic (exact) mass is 280 g/mol. The third-order valence-electron chi connectivity index (χ3n) is 4.17. The van der Waals surface area contributed by atoms with Crippen LogP contribution in [0.1, 0.15) is 37.4 Å². The molecule has 0 radical (unpaired) electrons. The molecule has 2 N–H and O–H groups in total. The van der Waals surface area contributed by atoms with Crippen LogP contribution in [-0.4, -0.2) is 24.1 Å². The van der Waals surface area contributed by atoms with Gasteiger partial charge in [0.15, 0.2) is 6.10 Å². The van der Waals surface area contributed by atoms with Gasteiger partial charge in [0.2, 0.25) is 0 Å². The van der Waals surface area contributed by atoms with E-state index in [1.165, 1.54) is 25.7 Å². The van der Waals surface area contributed by atoms with Crippen LogP contribution in [0.5, 0.6) is 0 Å². The molecule has 1 amide bonds. The second-order valence-electron chi connectivity index (χ2n) is 5.33. The molecule has 1 aliphatic carbocycles. The SMILES string of the molecule is CN(c1cc2c(cc1Cl)C(O)C(=O)N2)C1CCCC1. The van der Waals surface area contributed by atoms with Gasteiger partial charge in [-0.15, -0.1) is 0 Å². The van der Waals surface area contributed by atoms with Gasteiger partial charge in [0.05, 0.1) is 10.7 Å². The van der Waals surface area contributed by atoms with Crippen molar-refractivity contribution >= 4 is 28.9 Å². The summed E-state index contributed by atoms with van der Waals surface area (Å²) in [5.74, 6) is -0.383. The number of rotatable bonds is 2. The molecule has 4 nitrogen and oxygen atoms in total. The van der Waals surface area contributed by atoms with E-state index < -0.39 is 6.10 Å². The van der Waals surface area contributed by atoms with E-state index in [-0.39, 0.29) is 5.91 Å². The van der Waals surface area contributed by atoms with Crippen LogP contribution < -0.4 is 10.2 Å². The van der Waals surface area contributed by atoms with Crippen LogP contribution in [-0.2, 0) is 4.79 Å². The summed E-state index contributed by atoms with van der Waals surface area (Å²) >= 11 is 6.30. The number of nitrogens with one attached hydrogen (secondary N) is 1. The van der Waals surface area contributed by atoms with Gasteiger partial charge in [-0.25, -0.2) is 0 Å². The lowest BCUT2D eigenvalue weighted by Gasteiger charge is -2.28. The molecule has 5 heteroatoms. The van der Waals surface area contributed by atoms with Gasteiger partial charge in [0.1, 0.15) is 0 Å². The number of aliphatic hydroxyl groups excluding tert-OH is 1. The highest BCUT2D eigenvalue weighted by atomic mass is 35.5. The molecule has 2 aliphatic rings. The van der Waals surface area contributed by atoms with Crippen molar-refractivity contribution in [2.45, 2.75) is 37.8 Å². The normalized spacial score (nSPS) is 22.5. The van der Waals surface area contributed by atoms with Crippen molar-refractivity contribution in [3.8, 4) is 0 Å². The van der Waals surface area contributed by atoms with Gasteiger partial charge in [-0.2, -0.15) is 0 Å². The van der Waals surface area contributed by atoms with Crippen molar-refractivity contribution in [3.05, 3.63) is 22.7 Å². The highest BCUT2D eigenvalue weighted by Gasteiger charge is 2.31. The van der Waals surface area contributed by atoms with Gasteiger partial charge >= 0.3 is 0 Å². The zero-order valence-electron chi connectivity index (χ0n) is 10.8. The highest BCUT2D eigenvalue weighted by molar-refractivity contribution is 6.33. The lowest BCUT2D eigenvalue weighted by Crippen LogP contribution is -2.29. The Morgan fingerprint density at radius 1 is 1.37 bits per heavy atom. The van der Waals surface area contributed by atoms with E-state index in [0.29, 0.717) is 22.3 Å². The lowest BCUT2D eigenvalue weighted by atomic mass is 10.1. The summed E-state index contributed by atoms with van der Waals surface area (Å²) in [6.45, 7) is 0. The summed E-state index contributed by atoms with van der Waals surface area (Å²) in [6.07, 6.45) is 3.77. The van der Waals surface area contributed by atoms with Crippen LogP contribution >= 0.6 is 11.6 Å². The number of anilines is 2. The first-order chi connectivity index (χ1) is 9.08. The molecule has 1 heterocycles. The topological polar surface area (TPSA) is 52.6 Å². The fraction of sp³-hybridized carbons (Fsp3) is 0.500. The molecule has 1 fully saturated rings. The Balaban J connectivity index is 1.95. The number of carbonyl (C=O) groups is 1. The van der Waals surface area contributed by atoms with Crippen LogP contribution in [0.15, 0.2) is 12.1 Å². The number of nitrogens with zero attached hydrogens (tertiary/aromatic N) is 1. The van der Waals surface area contributed by atoms with Gasteiger partial charge in [-0.3, -0.25) is 4.79 Å². The number of amides is 1. The molecular weight excluding hydrogens is 264 g/mol. The van der Waals surface area contributed by atoms with Gasteiger partial charge in [0.25, 0.3) is 5.91 Å². The minimum Gasteiger partial charge on any atom is -0.378 e. The van der Waals surface area contributed by atoms with E-state index in [1.54, 1.807) is 6.07 Å². The standard InChI is InChI=1S/C14H17ClN2O2/c1-17(8-4-2-3-5-8)12-7-11-9(6-10(12)15)13(18)14(19)16-11/h6-8,13,18H,2-5H2,1H3,(H,16,19). The maximum Gasteiger partial charge on any atom is 0.257 e. The van der Waals surface area contributed by atoms with Crippen molar-refractivity contribution < 1.29 is 9.90 Å². The van der Waals surface area contributed by atoms with E-state index in [4.69, 9.17) is 11.6 Å². The first-order valence-corrected chi connectivity index (χ1v) is 7.01. The molecule has 1 unspecified atom stereocenters. The first-order valence-electron chi connectivity index (χ1n) is 6.63. The summed E-state index contributed by atoms with van der Waals surface area (Å²) in [6, 6.07) is 4.07. The average molecular weight is 281 g/mol. The van der Waals surface area contributed by atoms with E-state index in [1.807, 2.05) is 13.1 Å². The maximum atomic E-state index is 11.5. The number of halogens is 1. The molecule has 1 saturated carbocycles. The van der Waals surface area contributed by atoms with Crippen molar-refractivity contribution in [1.29, 1.82) is 0 Å². The lowest BCUT2D eigenvalue weighted by molar-refractivity contribution is -0.123. The molecule has 0 spiro atoms. The molecule has 1 aromatic carbocycles. The minimum absolute atomic E-state index is 0.383. The zero-order valence-corrected chi connectivity index (χ0v) is 11.6. The fourth-order valence-electron chi connectivity index (χ4n) is 3.01. The van der Waals surface area contributed by atoms with Crippen molar-refractivity contribution in [1.82, 2.24) is 0 Å². The van der Waals surface area contributed by atoms with Crippen LogP contribution in [0.4, 0.5) is 11.4 Å². The van der Waals surface area contributed by atoms with Crippen molar-refractivity contribution in [2.24, 2.45) is 0 Å². The van der Waals surface area contributed by atoms with Crippen molar-refractivity contribution in [2.75, 3.05) is 17.3 Å². The Bertz CT molecular complexity index is 526. The molecule has 0 bridgehead atoms. The van der Waals surface area contributed by atoms with Crippen molar-refractivity contribution in [3.63, 3.8) is 0 Å². The Morgan fingerprint density at radius 2 is 2.05 bits per heavy atom. The van der Waals surface area contributed by atoms with Crippen LogP contribution in [0.3, 0.4) is 0 Å². The molecular formula is C14H17ClN2O2. The summed E-state index contributed by atoms with van der Waals surface area (Å²) in [7, 11) is 2.04. The minimum atomic E-state index is -1.10. The Morgan fingerprint density at radius 3 is 2.74 bits per heavy atom. The van der Waals surface area contributed by atoms with Gasteiger partial charge in [-0.1, -0.05) is 24.4 Å². The largest absolute Gasteiger partial charge is 0.378 e. The van der Waals surface area contributed by atoms with Gasteiger partial charge in [0, 0.05) is 24.3 Å². The molecule has 1 aliphatic heterocycles. The second-order valence-corrected chi connectivity index (χ2v) is 5.74. The number of hydrogen-bond acceptors (Lipinski definition) is 3.